The van der Waals surface area contributed by atoms with Crippen LogP contribution in [0.1, 0.15) is 51.5 Å². The minimum Gasteiger partial charge on any atom is -0.453 e. The number of para-hydroxylation sites is 2. The van der Waals surface area contributed by atoms with E-state index >= 15 is 0 Å². The Bertz CT molecular complexity index is 777. The Hall–Kier alpha value is -2.37. The SMILES string of the molecule is CC(=O)N[C@H](C(=O)O[C@H](C)c1nc2ccccc2n1C)C1CCCC1. The van der Waals surface area contributed by atoms with Crippen LogP contribution in [0.2, 0.25) is 0 Å². The highest BCUT2D eigenvalue weighted by atomic mass is 16.5. The normalized spacial score (nSPS) is 17.4. The first-order chi connectivity index (χ1) is 12.0. The Morgan fingerprint density at radius 3 is 2.60 bits per heavy atom. The molecular weight excluding hydrogens is 318 g/mol. The quantitative estimate of drug-likeness (QED) is 0.847. The molecule has 134 valence electrons. The Morgan fingerprint density at radius 1 is 1.28 bits per heavy atom. The molecule has 0 aliphatic heterocycles. The molecule has 1 heterocycles. The summed E-state index contributed by atoms with van der Waals surface area (Å²) in [6.07, 6.45) is 3.59. The number of nitrogens with one attached hydrogen (secondary N) is 1. The Labute approximate surface area is 147 Å². The Kier molecular flexibility index (Phi) is 5.06. The van der Waals surface area contributed by atoms with Crippen molar-refractivity contribution < 1.29 is 14.3 Å². The largest absolute Gasteiger partial charge is 0.453 e. The van der Waals surface area contributed by atoms with Crippen molar-refractivity contribution in [1.29, 1.82) is 0 Å². The summed E-state index contributed by atoms with van der Waals surface area (Å²) < 4.78 is 7.63. The molecule has 0 radical (unpaired) electrons. The molecule has 1 aromatic heterocycles. The third-order valence-corrected chi connectivity index (χ3v) is 4.96. The van der Waals surface area contributed by atoms with Gasteiger partial charge >= 0.3 is 5.97 Å². The van der Waals surface area contributed by atoms with Gasteiger partial charge in [-0.15, -0.1) is 0 Å². The molecule has 0 unspecified atom stereocenters. The first-order valence-corrected chi connectivity index (χ1v) is 8.86. The standard InChI is InChI=1S/C19H25N3O3/c1-12(18-21-15-10-6-7-11-16(15)22(18)3)25-19(24)17(20-13(2)23)14-8-4-5-9-14/h6-7,10-12,14,17H,4-5,8-9H2,1-3H3,(H,20,23)/t12-,17+/m1/s1. The fraction of sp³-hybridized carbons (Fsp3) is 0.526. The molecule has 6 nitrogen and oxygen atoms in total. The van der Waals surface area contributed by atoms with Crippen LogP contribution in [0.15, 0.2) is 24.3 Å². The zero-order valence-corrected chi connectivity index (χ0v) is 15.0. The molecule has 1 N–H and O–H groups in total. The van der Waals surface area contributed by atoms with Gasteiger partial charge in [-0.05, 0) is 37.8 Å². The van der Waals surface area contributed by atoms with Gasteiger partial charge in [-0.25, -0.2) is 9.78 Å². The lowest BCUT2D eigenvalue weighted by molar-refractivity contribution is -0.154. The van der Waals surface area contributed by atoms with E-state index in [-0.39, 0.29) is 17.8 Å². The van der Waals surface area contributed by atoms with Gasteiger partial charge in [0.25, 0.3) is 0 Å². The summed E-state index contributed by atoms with van der Waals surface area (Å²) in [5.74, 6) is 0.275. The first-order valence-electron chi connectivity index (χ1n) is 8.86. The molecule has 3 rings (SSSR count). The second-order valence-corrected chi connectivity index (χ2v) is 6.82. The molecule has 6 heteroatoms. The number of carbonyl (C=O) groups is 2. The summed E-state index contributed by atoms with van der Waals surface area (Å²) in [4.78, 5) is 28.8. The van der Waals surface area contributed by atoms with Gasteiger partial charge in [0.05, 0.1) is 11.0 Å². The molecule has 1 amide bonds. The van der Waals surface area contributed by atoms with Crippen molar-refractivity contribution >= 4 is 22.9 Å². The molecule has 2 atom stereocenters. The van der Waals surface area contributed by atoms with Gasteiger partial charge in [-0.3, -0.25) is 4.79 Å². The predicted octanol–water partition coefficient (Wildman–Crippen LogP) is 2.87. The van der Waals surface area contributed by atoms with E-state index in [2.05, 4.69) is 10.3 Å². The van der Waals surface area contributed by atoms with Crippen LogP contribution in [-0.2, 0) is 21.4 Å². The fourth-order valence-corrected chi connectivity index (χ4v) is 3.71. The maximum absolute atomic E-state index is 12.7. The van der Waals surface area contributed by atoms with Crippen molar-refractivity contribution in [2.45, 2.75) is 51.7 Å². The smallest absolute Gasteiger partial charge is 0.329 e. The van der Waals surface area contributed by atoms with Gasteiger partial charge in [0, 0.05) is 14.0 Å². The number of rotatable bonds is 5. The molecule has 1 aliphatic carbocycles. The molecule has 0 saturated heterocycles. The second-order valence-electron chi connectivity index (χ2n) is 6.82. The van der Waals surface area contributed by atoms with Crippen LogP contribution < -0.4 is 5.32 Å². The first kappa shape index (κ1) is 17.5. The van der Waals surface area contributed by atoms with Gasteiger partial charge < -0.3 is 14.6 Å². The summed E-state index contributed by atoms with van der Waals surface area (Å²) in [5, 5.41) is 2.78. The highest BCUT2D eigenvalue weighted by molar-refractivity contribution is 5.83. The highest BCUT2D eigenvalue weighted by Gasteiger charge is 2.34. The van der Waals surface area contributed by atoms with Crippen LogP contribution in [0, 0.1) is 5.92 Å². The van der Waals surface area contributed by atoms with Gasteiger partial charge in [-0.1, -0.05) is 25.0 Å². The van der Waals surface area contributed by atoms with E-state index in [0.717, 1.165) is 36.7 Å². The Morgan fingerprint density at radius 2 is 1.96 bits per heavy atom. The number of ether oxygens (including phenoxy) is 1. The minimum atomic E-state index is -0.572. The van der Waals surface area contributed by atoms with E-state index in [1.165, 1.54) is 6.92 Å². The number of aryl methyl sites for hydroxylation is 1. The number of hydrogen-bond acceptors (Lipinski definition) is 4. The molecule has 2 aromatic rings. The molecule has 25 heavy (non-hydrogen) atoms. The third-order valence-electron chi connectivity index (χ3n) is 4.96. The number of imidazole rings is 1. The van der Waals surface area contributed by atoms with Crippen molar-refractivity contribution in [3.8, 4) is 0 Å². The van der Waals surface area contributed by atoms with Crippen LogP contribution in [0.5, 0.6) is 0 Å². The summed E-state index contributed by atoms with van der Waals surface area (Å²) in [6, 6.07) is 7.24. The van der Waals surface area contributed by atoms with E-state index in [4.69, 9.17) is 4.74 Å². The number of amides is 1. The topological polar surface area (TPSA) is 73.2 Å². The zero-order valence-electron chi connectivity index (χ0n) is 15.0. The van der Waals surface area contributed by atoms with Gasteiger partial charge in [-0.2, -0.15) is 0 Å². The summed E-state index contributed by atoms with van der Waals surface area (Å²) >= 11 is 0. The predicted molar refractivity (Wildman–Crippen MR) is 94.8 cm³/mol. The van der Waals surface area contributed by atoms with Gasteiger partial charge in [0.1, 0.15) is 6.04 Å². The number of carbonyl (C=O) groups excluding carboxylic acids is 2. The molecule has 1 aromatic carbocycles. The highest BCUT2D eigenvalue weighted by Crippen LogP contribution is 2.29. The Balaban J connectivity index is 1.77. The molecule has 1 saturated carbocycles. The molecule has 0 bridgehead atoms. The second kappa shape index (κ2) is 7.25. The summed E-state index contributed by atoms with van der Waals surface area (Å²) in [6.45, 7) is 3.25. The molecule has 1 aliphatic rings. The number of fused-ring (bicyclic) bond motifs is 1. The van der Waals surface area contributed by atoms with Crippen LogP contribution in [0.25, 0.3) is 11.0 Å². The van der Waals surface area contributed by atoms with E-state index in [0.29, 0.717) is 5.82 Å². The zero-order chi connectivity index (χ0) is 18.0. The maximum atomic E-state index is 12.7. The number of aromatic nitrogens is 2. The maximum Gasteiger partial charge on any atom is 0.329 e. The number of hydrogen-bond donors (Lipinski definition) is 1. The minimum absolute atomic E-state index is 0.157. The summed E-state index contributed by atoms with van der Waals surface area (Å²) in [7, 11) is 1.91. The third kappa shape index (κ3) is 3.67. The van der Waals surface area contributed by atoms with Crippen molar-refractivity contribution in [3.63, 3.8) is 0 Å². The number of nitrogens with zero attached hydrogens (tertiary/aromatic N) is 2. The molecule has 0 spiro atoms. The fourth-order valence-electron chi connectivity index (χ4n) is 3.71. The molecule has 1 fully saturated rings. The lowest BCUT2D eigenvalue weighted by atomic mass is 9.98. The van der Waals surface area contributed by atoms with Crippen LogP contribution in [0.3, 0.4) is 0 Å². The van der Waals surface area contributed by atoms with Crippen molar-refractivity contribution in [1.82, 2.24) is 14.9 Å². The monoisotopic (exact) mass is 343 g/mol. The average molecular weight is 343 g/mol. The van der Waals surface area contributed by atoms with Crippen LogP contribution in [0.4, 0.5) is 0 Å². The van der Waals surface area contributed by atoms with E-state index in [1.807, 2.05) is 42.8 Å². The van der Waals surface area contributed by atoms with Gasteiger partial charge in [0.2, 0.25) is 5.91 Å². The van der Waals surface area contributed by atoms with Gasteiger partial charge in [0.15, 0.2) is 11.9 Å². The average Bonchev–Trinajstić information content (AvgIpc) is 3.21. The van der Waals surface area contributed by atoms with E-state index in [1.54, 1.807) is 0 Å². The van der Waals surface area contributed by atoms with Crippen molar-refractivity contribution in [2.24, 2.45) is 13.0 Å². The van der Waals surface area contributed by atoms with E-state index in [9.17, 15) is 9.59 Å². The number of esters is 1. The number of benzene rings is 1. The van der Waals surface area contributed by atoms with Crippen molar-refractivity contribution in [2.75, 3.05) is 0 Å². The lowest BCUT2D eigenvalue weighted by Gasteiger charge is -2.24. The summed E-state index contributed by atoms with van der Waals surface area (Å²) in [5.41, 5.74) is 1.87. The van der Waals surface area contributed by atoms with E-state index < -0.39 is 12.1 Å². The molecular formula is C19H25N3O3. The van der Waals surface area contributed by atoms with Crippen molar-refractivity contribution in [3.05, 3.63) is 30.1 Å². The van der Waals surface area contributed by atoms with Crippen LogP contribution in [-0.4, -0.2) is 27.5 Å². The van der Waals surface area contributed by atoms with Crippen LogP contribution >= 0.6 is 0 Å². The lowest BCUT2D eigenvalue weighted by Crippen LogP contribution is -2.45.